The van der Waals surface area contributed by atoms with Gasteiger partial charge in [0.15, 0.2) is 23.3 Å². The van der Waals surface area contributed by atoms with Gasteiger partial charge in [0.05, 0.1) is 48.8 Å². The smallest absolute Gasteiger partial charge is 0.260 e. The number of amides is 3. The van der Waals surface area contributed by atoms with Gasteiger partial charge in [-0.15, -0.1) is 11.3 Å². The predicted octanol–water partition coefficient (Wildman–Crippen LogP) is 9.53. The van der Waals surface area contributed by atoms with Gasteiger partial charge in [-0.05, 0) is 84.7 Å². The summed E-state index contributed by atoms with van der Waals surface area (Å²) in [7, 11) is 1.37. The minimum Gasteiger partial charge on any atom is -0.495 e. The number of nitrogens with zero attached hydrogens (tertiary/aromatic N) is 4. The van der Waals surface area contributed by atoms with Crippen LogP contribution in [0.25, 0.3) is 11.3 Å². The van der Waals surface area contributed by atoms with Gasteiger partial charge in [0.25, 0.3) is 11.8 Å². The number of carbonyl (C=O) groups is 3. The Bertz CT molecular complexity index is 2890. The minimum atomic E-state index is -1.84. The van der Waals surface area contributed by atoms with Crippen molar-refractivity contribution in [1.82, 2.24) is 20.5 Å². The molecule has 0 unspecified atom stereocenters. The van der Waals surface area contributed by atoms with E-state index in [1.165, 1.54) is 73.0 Å². The van der Waals surface area contributed by atoms with E-state index in [0.717, 1.165) is 12.1 Å². The maximum Gasteiger partial charge on any atom is 0.260 e. The number of hydrogen-bond acceptors (Lipinski definition) is 11. The Morgan fingerprint density at radius 2 is 1.72 bits per heavy atom. The van der Waals surface area contributed by atoms with Gasteiger partial charge in [-0.1, -0.05) is 62.2 Å². The zero-order valence-corrected chi connectivity index (χ0v) is 42.3. The molecule has 0 radical (unpaired) electrons. The van der Waals surface area contributed by atoms with Crippen LogP contribution in [0.5, 0.6) is 11.5 Å². The van der Waals surface area contributed by atoms with Crippen LogP contribution in [0, 0.1) is 45.9 Å². The van der Waals surface area contributed by atoms with E-state index in [-0.39, 0.29) is 62.6 Å². The Morgan fingerprint density at radius 1 is 0.972 bits per heavy atom. The summed E-state index contributed by atoms with van der Waals surface area (Å²) >= 11 is 13.8. The average molecular weight is 1050 g/mol. The molecule has 3 amide bonds. The van der Waals surface area contributed by atoms with Crippen LogP contribution in [0.4, 0.5) is 28.4 Å². The third kappa shape index (κ3) is 11.0. The number of aromatic nitrogens is 1. The Kier molecular flexibility index (Phi) is 16.0. The molecule has 13 nitrogen and oxygen atoms in total. The molecule has 3 aliphatic rings. The largest absolute Gasteiger partial charge is 0.495 e. The fourth-order valence-corrected chi connectivity index (χ4v) is 11.0. The first-order valence-electron chi connectivity index (χ1n) is 23.4. The van der Waals surface area contributed by atoms with Crippen molar-refractivity contribution >= 4 is 63.1 Å². The molecule has 3 aliphatic heterocycles. The summed E-state index contributed by atoms with van der Waals surface area (Å²) in [4.78, 5) is 49.7. The number of nitrogens with one attached hydrogen (secondary N) is 3. The number of piperidine rings is 1. The van der Waals surface area contributed by atoms with Crippen LogP contribution in [0.3, 0.4) is 0 Å². The van der Waals surface area contributed by atoms with Gasteiger partial charge >= 0.3 is 0 Å². The molecule has 4 aromatic carbocycles. The standard InChI is InChI=1S/C52H53Cl2F4N7O6S/c1-51(2,3)24-41-52(28-59,34-11-9-31(53)23-37(34)56)43(33-6-5-7-35(54)44(33)57)46(63-41)49(68)61-38-13-8-30(22-40(38)69-4)48(67)60-25-29-14-16-64(17-15-29)42(66)26-71-47-32(10-12-36(55)45(47)58)39-27-72-50(62-39)65-18-20-70-21-19-65/h5-13,22-23,27,29,41,43,46,63H,14-21,24-26H2,1-4H3,(H,60,67)(H,61,68)/t41-,43-,46+,52-/m0/s1. The number of benzene rings is 4. The predicted molar refractivity (Wildman–Crippen MR) is 267 cm³/mol. The monoisotopic (exact) mass is 1050 g/mol. The lowest BCUT2D eigenvalue weighted by molar-refractivity contribution is -0.134. The van der Waals surface area contributed by atoms with Gasteiger partial charge in [-0.3, -0.25) is 14.4 Å². The minimum absolute atomic E-state index is 0.0112. The van der Waals surface area contributed by atoms with E-state index in [4.69, 9.17) is 37.4 Å². The van der Waals surface area contributed by atoms with Crippen molar-refractivity contribution in [2.24, 2.45) is 11.3 Å². The van der Waals surface area contributed by atoms with E-state index in [1.54, 1.807) is 10.3 Å². The van der Waals surface area contributed by atoms with Crippen molar-refractivity contribution in [3.05, 3.63) is 122 Å². The molecular weight excluding hydrogens is 998 g/mol. The highest BCUT2D eigenvalue weighted by Gasteiger charge is 2.61. The summed E-state index contributed by atoms with van der Waals surface area (Å²) in [6.45, 7) is 8.70. The summed E-state index contributed by atoms with van der Waals surface area (Å²) in [5, 5.41) is 22.6. The average Bonchev–Trinajstić information content (AvgIpc) is 3.98. The summed E-state index contributed by atoms with van der Waals surface area (Å²) in [6, 6.07) is 15.2. The number of rotatable bonds is 14. The summed E-state index contributed by atoms with van der Waals surface area (Å²) in [5.74, 6) is -7.04. The van der Waals surface area contributed by atoms with Crippen molar-refractivity contribution in [1.29, 1.82) is 5.26 Å². The Morgan fingerprint density at radius 3 is 2.42 bits per heavy atom. The number of anilines is 2. The number of halogens is 6. The van der Waals surface area contributed by atoms with E-state index in [2.05, 4.69) is 31.9 Å². The number of carbonyl (C=O) groups excluding carboxylic acids is 3. The first-order valence-corrected chi connectivity index (χ1v) is 25.1. The molecule has 3 fully saturated rings. The zero-order chi connectivity index (χ0) is 51.5. The molecule has 5 aromatic rings. The lowest BCUT2D eigenvalue weighted by Gasteiger charge is -2.37. The molecule has 380 valence electrons. The van der Waals surface area contributed by atoms with Gasteiger partial charge in [-0.25, -0.2) is 18.2 Å². The lowest BCUT2D eigenvalue weighted by Crippen LogP contribution is -2.45. The van der Waals surface area contributed by atoms with Crippen molar-refractivity contribution in [3.63, 3.8) is 0 Å². The maximum atomic E-state index is 16.2. The maximum absolute atomic E-state index is 16.2. The number of morpholine rings is 1. The molecule has 4 atom stereocenters. The molecule has 8 rings (SSSR count). The number of hydrogen-bond donors (Lipinski definition) is 3. The topological polar surface area (TPSA) is 158 Å². The van der Waals surface area contributed by atoms with Crippen LogP contribution in [0.1, 0.15) is 67.4 Å². The number of nitriles is 1. The molecular formula is C52H53Cl2F4N7O6S. The van der Waals surface area contributed by atoms with Crippen molar-refractivity contribution in [2.45, 2.75) is 63.5 Å². The third-order valence-electron chi connectivity index (χ3n) is 13.4. The van der Waals surface area contributed by atoms with Crippen molar-refractivity contribution < 1.29 is 46.2 Å². The van der Waals surface area contributed by atoms with Crippen LogP contribution < -0.4 is 30.3 Å². The van der Waals surface area contributed by atoms with Gasteiger partial charge < -0.3 is 40.0 Å². The Labute approximate surface area is 428 Å². The van der Waals surface area contributed by atoms with Gasteiger partial charge in [0.1, 0.15) is 22.8 Å². The summed E-state index contributed by atoms with van der Waals surface area (Å²) < 4.78 is 78.6. The SMILES string of the molecule is COc1cc(C(=O)NCC2CCN(C(=O)COc3c(-c4csc(N5CCOCC5)n4)ccc(F)c3F)CC2)ccc1NC(=O)[C@@H]1N[C@@H](CC(C)(C)C)[C@](C#N)(c2ccc(Cl)cc2F)[C@H]1c1cccc(Cl)c1F. The van der Waals surface area contributed by atoms with E-state index in [9.17, 15) is 24.0 Å². The number of methoxy groups -OCH3 is 1. The van der Waals surface area contributed by atoms with Crippen molar-refractivity contribution in [2.75, 3.05) is 69.9 Å². The number of ether oxygens (including phenoxy) is 3. The molecule has 0 bridgehead atoms. The van der Waals surface area contributed by atoms with Crippen molar-refractivity contribution in [3.8, 4) is 28.8 Å². The first-order chi connectivity index (χ1) is 34.4. The van der Waals surface area contributed by atoms with Crippen LogP contribution in [-0.2, 0) is 19.7 Å². The van der Waals surface area contributed by atoms with Gasteiger partial charge in [-0.2, -0.15) is 9.65 Å². The highest BCUT2D eigenvalue weighted by molar-refractivity contribution is 7.14. The highest BCUT2D eigenvalue weighted by Crippen LogP contribution is 2.53. The Balaban J connectivity index is 0.907. The molecule has 0 spiro atoms. The summed E-state index contributed by atoms with van der Waals surface area (Å²) in [6.07, 6.45) is 1.37. The molecule has 1 aromatic heterocycles. The molecule has 3 N–H and O–H groups in total. The second kappa shape index (κ2) is 22.0. The molecule has 3 saturated heterocycles. The van der Waals surface area contributed by atoms with Crippen LogP contribution in [0.15, 0.2) is 72.1 Å². The third-order valence-corrected chi connectivity index (χ3v) is 14.8. The van der Waals surface area contributed by atoms with E-state index in [1.807, 2.05) is 20.8 Å². The van der Waals surface area contributed by atoms with Gasteiger partial charge in [0.2, 0.25) is 11.7 Å². The summed E-state index contributed by atoms with van der Waals surface area (Å²) in [5.41, 5.74) is -1.39. The van der Waals surface area contributed by atoms with E-state index >= 15 is 13.2 Å². The normalized spacial score (nSPS) is 20.5. The van der Waals surface area contributed by atoms with E-state index in [0.29, 0.717) is 63.1 Å². The van der Waals surface area contributed by atoms with E-state index < -0.39 is 82.2 Å². The van der Waals surface area contributed by atoms with Crippen LogP contribution >= 0.6 is 34.5 Å². The second-order valence-electron chi connectivity index (χ2n) is 19.3. The van der Waals surface area contributed by atoms with Gasteiger partial charge in [0, 0.05) is 71.8 Å². The highest BCUT2D eigenvalue weighted by atomic mass is 35.5. The molecule has 4 heterocycles. The Hall–Kier alpha value is -5.97. The molecule has 72 heavy (non-hydrogen) atoms. The second-order valence-corrected chi connectivity index (χ2v) is 20.9. The van der Waals surface area contributed by atoms with Crippen LogP contribution in [0.2, 0.25) is 10.0 Å². The lowest BCUT2D eigenvalue weighted by atomic mass is 9.62. The fraction of sp³-hybridized carbons (Fsp3) is 0.404. The number of thiazole rings is 1. The van der Waals surface area contributed by atoms with Crippen LogP contribution in [-0.4, -0.2) is 99.3 Å². The molecule has 20 heteroatoms. The number of likely N-dealkylation sites (tertiary alicyclic amines) is 1. The zero-order valence-electron chi connectivity index (χ0n) is 39.9. The fourth-order valence-electron chi connectivity index (χ4n) is 9.82. The molecule has 0 saturated carbocycles. The molecule has 0 aliphatic carbocycles. The quantitative estimate of drug-likeness (QED) is 0.0916. The first kappa shape index (κ1) is 52.4.